The second kappa shape index (κ2) is 6.08. The van der Waals surface area contributed by atoms with Gasteiger partial charge in [-0.1, -0.05) is 6.07 Å². The number of nitriles is 1. The second-order valence-electron chi connectivity index (χ2n) is 5.59. The molecule has 3 heteroatoms. The molecule has 1 heterocycles. The summed E-state index contributed by atoms with van der Waals surface area (Å²) < 4.78 is 0. The van der Waals surface area contributed by atoms with Gasteiger partial charge in [-0.05, 0) is 57.1 Å². The number of likely N-dealkylation sites (N-methyl/N-ethyl adjacent to an activating group) is 1. The van der Waals surface area contributed by atoms with E-state index in [0.717, 1.165) is 26.1 Å². The van der Waals surface area contributed by atoms with Gasteiger partial charge in [0.1, 0.15) is 0 Å². The highest BCUT2D eigenvalue weighted by atomic mass is 15.2. The summed E-state index contributed by atoms with van der Waals surface area (Å²) in [6, 6.07) is 9.28. The Morgan fingerprint density at radius 2 is 2.05 bits per heavy atom. The first-order valence-corrected chi connectivity index (χ1v) is 7.01. The average Bonchev–Trinajstić information content (AvgIpc) is 2.55. The van der Waals surface area contributed by atoms with Crippen molar-refractivity contribution in [1.29, 1.82) is 5.26 Å². The van der Waals surface area contributed by atoms with E-state index in [1.807, 2.05) is 0 Å². The molecule has 1 saturated heterocycles. The van der Waals surface area contributed by atoms with Crippen LogP contribution >= 0.6 is 0 Å². The van der Waals surface area contributed by atoms with E-state index < -0.39 is 0 Å². The number of anilines is 1. The van der Waals surface area contributed by atoms with Crippen LogP contribution in [0.4, 0.5) is 5.69 Å². The molecule has 1 aromatic carbocycles. The van der Waals surface area contributed by atoms with Gasteiger partial charge in [0.25, 0.3) is 0 Å². The van der Waals surface area contributed by atoms with Crippen molar-refractivity contribution in [2.45, 2.75) is 32.7 Å². The van der Waals surface area contributed by atoms with Gasteiger partial charge in [-0.3, -0.25) is 0 Å². The smallest absolute Gasteiger partial charge is 0.0643 e. The van der Waals surface area contributed by atoms with Gasteiger partial charge in [-0.25, -0.2) is 0 Å². The highest BCUT2D eigenvalue weighted by Crippen LogP contribution is 2.24. The van der Waals surface area contributed by atoms with E-state index >= 15 is 0 Å². The number of benzene rings is 1. The van der Waals surface area contributed by atoms with E-state index in [1.54, 1.807) is 0 Å². The number of rotatable bonds is 2. The van der Waals surface area contributed by atoms with E-state index in [9.17, 15) is 0 Å². The minimum atomic E-state index is 0.305. The molecule has 2 rings (SSSR count). The molecule has 0 aliphatic carbocycles. The van der Waals surface area contributed by atoms with Gasteiger partial charge in [-0.15, -0.1) is 0 Å². The minimum absolute atomic E-state index is 0.305. The zero-order chi connectivity index (χ0) is 13.8. The van der Waals surface area contributed by atoms with Crippen molar-refractivity contribution in [2.75, 3.05) is 31.6 Å². The zero-order valence-corrected chi connectivity index (χ0v) is 12.2. The first-order chi connectivity index (χ1) is 9.11. The molecule has 0 spiro atoms. The van der Waals surface area contributed by atoms with Crippen LogP contribution in [0.3, 0.4) is 0 Å². The highest BCUT2D eigenvalue weighted by molar-refractivity contribution is 5.51. The van der Waals surface area contributed by atoms with Crippen molar-refractivity contribution >= 4 is 5.69 Å². The van der Waals surface area contributed by atoms with Crippen LogP contribution in [-0.4, -0.2) is 37.6 Å². The average molecular weight is 257 g/mol. The van der Waals surface area contributed by atoms with Gasteiger partial charge < -0.3 is 9.80 Å². The summed E-state index contributed by atoms with van der Waals surface area (Å²) in [5, 5.41) is 9.06. The lowest BCUT2D eigenvalue weighted by atomic mass is 10.1. The fourth-order valence-corrected chi connectivity index (χ4v) is 2.77. The maximum atomic E-state index is 9.06. The predicted molar refractivity (Wildman–Crippen MR) is 79.4 cm³/mol. The van der Waals surface area contributed by atoms with Crippen LogP contribution in [0.15, 0.2) is 18.2 Å². The van der Waals surface area contributed by atoms with Gasteiger partial charge in [0.05, 0.1) is 18.5 Å². The molecular formula is C16H23N3. The van der Waals surface area contributed by atoms with E-state index in [0.29, 0.717) is 12.5 Å². The Morgan fingerprint density at radius 1 is 1.26 bits per heavy atom. The first-order valence-electron chi connectivity index (χ1n) is 7.01. The van der Waals surface area contributed by atoms with Crippen LogP contribution in [-0.2, 0) is 0 Å². The summed E-state index contributed by atoms with van der Waals surface area (Å²) >= 11 is 0. The van der Waals surface area contributed by atoms with E-state index in [1.165, 1.54) is 16.8 Å². The molecule has 1 aliphatic rings. The standard InChI is InChI=1S/C16H23N3/c1-13-5-6-15(11-14(13)2)19-10-4-9-18(3)12-16(19)7-8-17/h5-6,11,16H,4,7,9-10,12H2,1-3H3. The molecule has 3 nitrogen and oxygen atoms in total. The van der Waals surface area contributed by atoms with Crippen LogP contribution < -0.4 is 4.90 Å². The summed E-state index contributed by atoms with van der Waals surface area (Å²) in [6.07, 6.45) is 1.75. The molecule has 102 valence electrons. The second-order valence-corrected chi connectivity index (χ2v) is 5.59. The van der Waals surface area contributed by atoms with Crippen LogP contribution in [0, 0.1) is 25.2 Å². The van der Waals surface area contributed by atoms with E-state index in [2.05, 4.69) is 55.0 Å². The zero-order valence-electron chi connectivity index (χ0n) is 12.2. The fraction of sp³-hybridized carbons (Fsp3) is 0.562. The quantitative estimate of drug-likeness (QED) is 0.816. The molecule has 1 aromatic rings. The molecule has 1 unspecified atom stereocenters. The highest BCUT2D eigenvalue weighted by Gasteiger charge is 2.23. The minimum Gasteiger partial charge on any atom is -0.366 e. The van der Waals surface area contributed by atoms with Crippen molar-refractivity contribution in [3.8, 4) is 6.07 Å². The Kier molecular flexibility index (Phi) is 4.44. The SMILES string of the molecule is Cc1ccc(N2CCCN(C)CC2CC#N)cc1C. The lowest BCUT2D eigenvalue weighted by molar-refractivity contribution is 0.332. The lowest BCUT2D eigenvalue weighted by Gasteiger charge is -2.31. The number of hydrogen-bond acceptors (Lipinski definition) is 3. The van der Waals surface area contributed by atoms with Crippen LogP contribution in [0.25, 0.3) is 0 Å². The molecule has 0 amide bonds. The van der Waals surface area contributed by atoms with Gasteiger partial charge >= 0.3 is 0 Å². The molecule has 1 fully saturated rings. The van der Waals surface area contributed by atoms with Gasteiger partial charge in [0.15, 0.2) is 0 Å². The Hall–Kier alpha value is -1.53. The maximum Gasteiger partial charge on any atom is 0.0643 e. The largest absolute Gasteiger partial charge is 0.366 e. The molecular weight excluding hydrogens is 234 g/mol. The van der Waals surface area contributed by atoms with E-state index in [4.69, 9.17) is 5.26 Å². The van der Waals surface area contributed by atoms with Crippen molar-refractivity contribution in [1.82, 2.24) is 4.90 Å². The molecule has 0 saturated carbocycles. The van der Waals surface area contributed by atoms with Crippen molar-refractivity contribution in [3.63, 3.8) is 0 Å². The molecule has 1 atom stereocenters. The van der Waals surface area contributed by atoms with Crippen molar-refractivity contribution in [2.24, 2.45) is 0 Å². The van der Waals surface area contributed by atoms with Crippen LogP contribution in [0.2, 0.25) is 0 Å². The normalized spacial score (nSPS) is 20.9. The number of hydrogen-bond donors (Lipinski definition) is 0. The van der Waals surface area contributed by atoms with Crippen molar-refractivity contribution < 1.29 is 0 Å². The third-order valence-electron chi connectivity index (χ3n) is 4.05. The molecule has 0 radical (unpaired) electrons. The Bertz CT molecular complexity index is 475. The summed E-state index contributed by atoms with van der Waals surface area (Å²) in [4.78, 5) is 4.75. The number of nitrogens with zero attached hydrogens (tertiary/aromatic N) is 3. The summed E-state index contributed by atoms with van der Waals surface area (Å²) in [6.45, 7) is 7.42. The molecule has 0 N–H and O–H groups in total. The Morgan fingerprint density at radius 3 is 2.74 bits per heavy atom. The maximum absolute atomic E-state index is 9.06. The van der Waals surface area contributed by atoms with Crippen LogP contribution in [0.1, 0.15) is 24.0 Å². The fourth-order valence-electron chi connectivity index (χ4n) is 2.77. The molecule has 0 bridgehead atoms. The monoisotopic (exact) mass is 257 g/mol. The molecule has 0 aromatic heterocycles. The van der Waals surface area contributed by atoms with E-state index in [-0.39, 0.29) is 0 Å². The number of aryl methyl sites for hydroxylation is 2. The third kappa shape index (κ3) is 3.27. The summed E-state index contributed by atoms with van der Waals surface area (Å²) in [5.74, 6) is 0. The lowest BCUT2D eigenvalue weighted by Crippen LogP contribution is -2.40. The summed E-state index contributed by atoms with van der Waals surface area (Å²) in [5.41, 5.74) is 3.91. The van der Waals surface area contributed by atoms with Gasteiger partial charge in [0.2, 0.25) is 0 Å². The Balaban J connectivity index is 2.27. The van der Waals surface area contributed by atoms with Gasteiger partial charge in [0, 0.05) is 18.8 Å². The predicted octanol–water partition coefficient (Wildman–Crippen LogP) is 2.73. The van der Waals surface area contributed by atoms with Gasteiger partial charge in [-0.2, -0.15) is 5.26 Å². The molecule has 1 aliphatic heterocycles. The van der Waals surface area contributed by atoms with Crippen molar-refractivity contribution in [3.05, 3.63) is 29.3 Å². The van der Waals surface area contributed by atoms with Crippen LogP contribution in [0.5, 0.6) is 0 Å². The first kappa shape index (κ1) is 13.9. The summed E-state index contributed by atoms with van der Waals surface area (Å²) in [7, 11) is 2.15. The topological polar surface area (TPSA) is 30.3 Å². The molecule has 19 heavy (non-hydrogen) atoms. The Labute approximate surface area is 116 Å². The third-order valence-corrected chi connectivity index (χ3v) is 4.05.